The molecule has 0 saturated heterocycles. The second-order valence-electron chi connectivity index (χ2n) is 3.38. The van der Waals surface area contributed by atoms with E-state index in [-0.39, 0.29) is 12.5 Å². The van der Waals surface area contributed by atoms with E-state index in [0.29, 0.717) is 12.3 Å². The summed E-state index contributed by atoms with van der Waals surface area (Å²) in [6.07, 6.45) is 0. The van der Waals surface area contributed by atoms with Crippen LogP contribution >= 0.6 is 0 Å². The highest BCUT2D eigenvalue weighted by Gasteiger charge is 1.97. The fourth-order valence-corrected chi connectivity index (χ4v) is 0.877. The van der Waals surface area contributed by atoms with Gasteiger partial charge in [0.2, 0.25) is 0 Å². The largest absolute Gasteiger partial charge is 0.396 e. The first kappa shape index (κ1) is 13.9. The lowest BCUT2D eigenvalue weighted by molar-refractivity contribution is 0.144. The minimum atomic E-state index is 0.206. The van der Waals surface area contributed by atoms with Crippen LogP contribution in [0.4, 0.5) is 0 Å². The summed E-state index contributed by atoms with van der Waals surface area (Å²) in [5.74, 6) is 5.80. The van der Waals surface area contributed by atoms with Crippen LogP contribution in [-0.2, 0) is 4.84 Å². The first-order chi connectivity index (χ1) is 7.20. The Hall–Kier alpha value is -1.05. The van der Waals surface area contributed by atoms with E-state index >= 15 is 0 Å². The predicted molar refractivity (Wildman–Crippen MR) is 61.6 cm³/mol. The summed E-state index contributed by atoms with van der Waals surface area (Å²) < 4.78 is 0. The zero-order chi connectivity index (χ0) is 11.5. The molecule has 0 amide bonds. The highest BCUT2D eigenvalue weighted by molar-refractivity contribution is 5.97. The SMILES string of the molecule is CC#C/C(C)=N\OCCNC[C@@H](C)CO. The summed E-state index contributed by atoms with van der Waals surface area (Å²) in [6.45, 7) is 7.78. The molecule has 0 radical (unpaired) electrons. The molecule has 0 aliphatic carbocycles. The molecule has 4 nitrogen and oxygen atoms in total. The van der Waals surface area contributed by atoms with Crippen molar-refractivity contribution < 1.29 is 9.94 Å². The molecule has 0 heterocycles. The zero-order valence-electron chi connectivity index (χ0n) is 9.71. The fraction of sp³-hybridized carbons (Fsp3) is 0.727. The molecular formula is C11H20N2O2. The molecule has 86 valence electrons. The highest BCUT2D eigenvalue weighted by atomic mass is 16.6. The maximum Gasteiger partial charge on any atom is 0.129 e. The summed E-state index contributed by atoms with van der Waals surface area (Å²) in [7, 11) is 0. The van der Waals surface area contributed by atoms with E-state index in [1.54, 1.807) is 13.8 Å². The molecule has 1 atom stereocenters. The molecule has 0 aromatic carbocycles. The lowest BCUT2D eigenvalue weighted by atomic mass is 10.2. The predicted octanol–water partition coefficient (Wildman–Crippen LogP) is 0.620. The first-order valence-electron chi connectivity index (χ1n) is 5.11. The van der Waals surface area contributed by atoms with E-state index in [0.717, 1.165) is 13.1 Å². The Kier molecular flexibility index (Phi) is 8.84. The normalized spacial score (nSPS) is 12.9. The molecule has 0 rings (SSSR count). The molecule has 0 bridgehead atoms. The van der Waals surface area contributed by atoms with Crippen LogP contribution in [-0.4, -0.2) is 37.1 Å². The van der Waals surface area contributed by atoms with Gasteiger partial charge in [-0.3, -0.25) is 0 Å². The van der Waals surface area contributed by atoms with Crippen LogP contribution in [0.25, 0.3) is 0 Å². The quantitative estimate of drug-likeness (QED) is 0.281. The van der Waals surface area contributed by atoms with Crippen molar-refractivity contribution >= 4 is 5.71 Å². The van der Waals surface area contributed by atoms with Crippen molar-refractivity contribution in [1.29, 1.82) is 0 Å². The number of aliphatic hydroxyl groups excluding tert-OH is 1. The van der Waals surface area contributed by atoms with Crippen LogP contribution in [0.3, 0.4) is 0 Å². The second-order valence-corrected chi connectivity index (χ2v) is 3.38. The summed E-state index contributed by atoms with van der Waals surface area (Å²) in [4.78, 5) is 5.02. The average Bonchev–Trinajstić information content (AvgIpc) is 2.23. The maximum absolute atomic E-state index is 8.76. The molecule has 0 spiro atoms. The molecule has 0 aliphatic rings. The third-order valence-corrected chi connectivity index (χ3v) is 1.68. The van der Waals surface area contributed by atoms with Crippen molar-refractivity contribution in [2.75, 3.05) is 26.3 Å². The van der Waals surface area contributed by atoms with Gasteiger partial charge in [0.15, 0.2) is 0 Å². The van der Waals surface area contributed by atoms with Gasteiger partial charge in [0.25, 0.3) is 0 Å². The van der Waals surface area contributed by atoms with Gasteiger partial charge in [-0.15, -0.1) is 0 Å². The van der Waals surface area contributed by atoms with Gasteiger partial charge in [-0.2, -0.15) is 0 Å². The summed E-state index contributed by atoms with van der Waals surface area (Å²) in [5.41, 5.74) is 0.682. The van der Waals surface area contributed by atoms with Gasteiger partial charge in [0, 0.05) is 19.7 Å². The van der Waals surface area contributed by atoms with Crippen LogP contribution in [0.1, 0.15) is 20.8 Å². The second kappa shape index (κ2) is 9.50. The van der Waals surface area contributed by atoms with Gasteiger partial charge >= 0.3 is 0 Å². The van der Waals surface area contributed by atoms with E-state index in [9.17, 15) is 0 Å². The summed E-state index contributed by atoms with van der Waals surface area (Å²) in [6, 6.07) is 0. The fourth-order valence-electron chi connectivity index (χ4n) is 0.877. The molecule has 0 aliphatic heterocycles. The topological polar surface area (TPSA) is 53.8 Å². The standard InChI is InChI=1S/C11H20N2O2/c1-4-5-11(3)13-15-7-6-12-8-10(2)9-14/h10,12,14H,6-9H2,1-3H3/b13-11-/t10-/m1/s1. The molecule has 0 aromatic heterocycles. The zero-order valence-corrected chi connectivity index (χ0v) is 9.71. The molecule has 15 heavy (non-hydrogen) atoms. The van der Waals surface area contributed by atoms with Crippen molar-refractivity contribution in [2.24, 2.45) is 11.1 Å². The van der Waals surface area contributed by atoms with Crippen molar-refractivity contribution in [3.05, 3.63) is 0 Å². The van der Waals surface area contributed by atoms with Crippen molar-refractivity contribution in [1.82, 2.24) is 5.32 Å². The van der Waals surface area contributed by atoms with E-state index in [1.807, 2.05) is 6.92 Å². The number of oxime groups is 1. The van der Waals surface area contributed by atoms with Crippen LogP contribution in [0.5, 0.6) is 0 Å². The molecule has 0 unspecified atom stereocenters. The van der Waals surface area contributed by atoms with Crippen molar-refractivity contribution in [3.8, 4) is 11.8 Å². The lowest BCUT2D eigenvalue weighted by Gasteiger charge is -2.08. The van der Waals surface area contributed by atoms with Gasteiger partial charge < -0.3 is 15.3 Å². The minimum Gasteiger partial charge on any atom is -0.396 e. The molecule has 4 heteroatoms. The molecule has 2 N–H and O–H groups in total. The third kappa shape index (κ3) is 9.26. The molecule has 0 saturated carbocycles. The van der Waals surface area contributed by atoms with Gasteiger partial charge in [0.05, 0.1) is 0 Å². The number of hydrogen-bond donors (Lipinski definition) is 2. The van der Waals surface area contributed by atoms with Crippen LogP contribution in [0.15, 0.2) is 5.16 Å². The monoisotopic (exact) mass is 212 g/mol. The highest BCUT2D eigenvalue weighted by Crippen LogP contribution is 1.88. The number of hydrogen-bond acceptors (Lipinski definition) is 4. The van der Waals surface area contributed by atoms with Crippen molar-refractivity contribution in [2.45, 2.75) is 20.8 Å². The lowest BCUT2D eigenvalue weighted by Crippen LogP contribution is -2.26. The minimum absolute atomic E-state index is 0.206. The smallest absolute Gasteiger partial charge is 0.129 e. The summed E-state index contributed by atoms with van der Waals surface area (Å²) in [5, 5.41) is 15.7. The Morgan fingerprint density at radius 1 is 1.60 bits per heavy atom. The van der Waals surface area contributed by atoms with Crippen LogP contribution < -0.4 is 5.32 Å². The van der Waals surface area contributed by atoms with Crippen LogP contribution in [0.2, 0.25) is 0 Å². The number of aliphatic hydroxyl groups is 1. The van der Waals surface area contributed by atoms with Crippen molar-refractivity contribution in [3.63, 3.8) is 0 Å². The van der Waals surface area contributed by atoms with E-state index in [4.69, 9.17) is 9.94 Å². The molecular weight excluding hydrogens is 192 g/mol. The van der Waals surface area contributed by atoms with Crippen LogP contribution in [0, 0.1) is 17.8 Å². The Bertz CT molecular complexity index is 241. The van der Waals surface area contributed by atoms with Gasteiger partial charge in [0.1, 0.15) is 12.3 Å². The van der Waals surface area contributed by atoms with E-state index < -0.39 is 0 Å². The third-order valence-electron chi connectivity index (χ3n) is 1.68. The van der Waals surface area contributed by atoms with Gasteiger partial charge in [-0.25, -0.2) is 0 Å². The Labute approximate surface area is 91.7 Å². The van der Waals surface area contributed by atoms with Gasteiger partial charge in [-0.1, -0.05) is 18.0 Å². The molecule has 0 aromatic rings. The first-order valence-corrected chi connectivity index (χ1v) is 5.11. The maximum atomic E-state index is 8.76. The Morgan fingerprint density at radius 3 is 2.93 bits per heavy atom. The number of nitrogens with one attached hydrogen (secondary N) is 1. The Balaban J connectivity index is 3.38. The molecule has 0 fully saturated rings. The Morgan fingerprint density at radius 2 is 2.33 bits per heavy atom. The van der Waals surface area contributed by atoms with Gasteiger partial charge in [-0.05, 0) is 25.7 Å². The summed E-state index contributed by atoms with van der Waals surface area (Å²) >= 11 is 0. The number of rotatable bonds is 7. The van der Waals surface area contributed by atoms with E-state index in [2.05, 4.69) is 22.3 Å². The van der Waals surface area contributed by atoms with E-state index in [1.165, 1.54) is 0 Å². The average molecular weight is 212 g/mol. The number of nitrogens with zero attached hydrogens (tertiary/aromatic N) is 1.